The predicted octanol–water partition coefficient (Wildman–Crippen LogP) is 1.89. The summed E-state index contributed by atoms with van der Waals surface area (Å²) < 4.78 is 0. The Balaban J connectivity index is 4.01. The van der Waals surface area contributed by atoms with E-state index in [1.54, 1.807) is 6.08 Å². The van der Waals surface area contributed by atoms with E-state index in [0.29, 0.717) is 6.42 Å². The monoisotopic (exact) mass is 431 g/mol. The molecule has 0 aliphatic rings. The van der Waals surface area contributed by atoms with Crippen LogP contribution in [0.3, 0.4) is 0 Å². The van der Waals surface area contributed by atoms with Crippen molar-refractivity contribution in [1.29, 1.82) is 0 Å². The summed E-state index contributed by atoms with van der Waals surface area (Å²) in [7, 11) is 0. The number of aliphatic hydroxyl groups is 4. The molecule has 0 aliphatic carbocycles. The Hall–Kier alpha value is -1.48. The number of rotatable bonds is 18. The highest BCUT2D eigenvalue weighted by molar-refractivity contribution is 5.82. The zero-order valence-electron chi connectivity index (χ0n) is 18.4. The highest BCUT2D eigenvalue weighted by Crippen LogP contribution is 2.13. The molecule has 0 fully saturated rings. The van der Waals surface area contributed by atoms with Crippen LogP contribution in [0.1, 0.15) is 84.5 Å². The summed E-state index contributed by atoms with van der Waals surface area (Å²) in [5.41, 5.74) is 0. The minimum absolute atomic E-state index is 0.211. The molecule has 0 aromatic heterocycles. The van der Waals surface area contributed by atoms with E-state index in [0.717, 1.165) is 51.9 Å². The van der Waals surface area contributed by atoms with Crippen LogP contribution < -0.4 is 5.32 Å². The highest BCUT2D eigenvalue weighted by atomic mass is 16.4. The molecule has 30 heavy (non-hydrogen) atoms. The van der Waals surface area contributed by atoms with E-state index in [4.69, 9.17) is 5.11 Å². The number of carbonyl (C=O) groups is 2. The molecule has 0 bridgehead atoms. The first-order chi connectivity index (χ1) is 14.2. The van der Waals surface area contributed by atoms with Crippen LogP contribution in [0.5, 0.6) is 0 Å². The first kappa shape index (κ1) is 28.5. The fourth-order valence-corrected chi connectivity index (χ4v) is 3.21. The molecule has 0 heterocycles. The molecule has 1 amide bonds. The van der Waals surface area contributed by atoms with Crippen LogP contribution in [-0.4, -0.2) is 67.9 Å². The molecule has 6 N–H and O–H groups in total. The van der Waals surface area contributed by atoms with E-state index >= 15 is 0 Å². The second-order valence-electron chi connectivity index (χ2n) is 7.91. The molecule has 0 aliphatic heterocycles. The maximum Gasteiger partial charge on any atom is 0.329 e. The molecule has 176 valence electrons. The van der Waals surface area contributed by atoms with Gasteiger partial charge in [0.1, 0.15) is 18.3 Å². The van der Waals surface area contributed by atoms with Gasteiger partial charge in [0.25, 0.3) is 0 Å². The molecule has 5 unspecified atom stereocenters. The van der Waals surface area contributed by atoms with Gasteiger partial charge in [-0.25, -0.2) is 4.79 Å². The number of nitrogens with one attached hydrogen (secondary N) is 1. The van der Waals surface area contributed by atoms with Gasteiger partial charge < -0.3 is 30.8 Å². The summed E-state index contributed by atoms with van der Waals surface area (Å²) >= 11 is 0. The number of aliphatic hydroxyl groups excluding tert-OH is 4. The predicted molar refractivity (Wildman–Crippen MR) is 115 cm³/mol. The number of allylic oxidation sites excluding steroid dienone is 1. The van der Waals surface area contributed by atoms with Crippen molar-refractivity contribution in [2.75, 3.05) is 0 Å². The van der Waals surface area contributed by atoms with Gasteiger partial charge in [-0.3, -0.25) is 4.79 Å². The lowest BCUT2D eigenvalue weighted by atomic mass is 10.00. The van der Waals surface area contributed by atoms with Crippen LogP contribution in [0.25, 0.3) is 0 Å². The van der Waals surface area contributed by atoms with Gasteiger partial charge in [-0.05, 0) is 25.7 Å². The average Bonchev–Trinajstić information content (AvgIpc) is 2.69. The van der Waals surface area contributed by atoms with Gasteiger partial charge in [-0.2, -0.15) is 0 Å². The van der Waals surface area contributed by atoms with E-state index in [2.05, 4.69) is 6.92 Å². The lowest BCUT2D eigenvalue weighted by Gasteiger charge is -2.26. The van der Waals surface area contributed by atoms with Crippen LogP contribution in [0.15, 0.2) is 12.2 Å². The lowest BCUT2D eigenvalue weighted by Crippen LogP contribution is -2.55. The molecule has 0 saturated carbocycles. The fourth-order valence-electron chi connectivity index (χ4n) is 3.21. The van der Waals surface area contributed by atoms with Crippen molar-refractivity contribution in [2.24, 2.45) is 0 Å². The molecule has 0 saturated heterocycles. The minimum atomic E-state index is -1.85. The van der Waals surface area contributed by atoms with Gasteiger partial charge in [0.15, 0.2) is 6.04 Å². The Kier molecular flexibility index (Phi) is 16.4. The number of aliphatic carboxylic acids is 1. The first-order valence-corrected chi connectivity index (χ1v) is 11.1. The van der Waals surface area contributed by atoms with Crippen molar-refractivity contribution in [2.45, 2.75) is 115 Å². The number of carboxylic acid groups (broad SMARTS) is 1. The Morgan fingerprint density at radius 1 is 0.867 bits per heavy atom. The van der Waals surface area contributed by atoms with E-state index in [1.165, 1.54) is 25.3 Å². The third-order valence-corrected chi connectivity index (χ3v) is 5.05. The normalized spacial score (nSPS) is 16.7. The van der Waals surface area contributed by atoms with Gasteiger partial charge in [0.2, 0.25) is 5.91 Å². The molecule has 0 spiro atoms. The molecule has 8 nitrogen and oxygen atoms in total. The smallest absolute Gasteiger partial charge is 0.329 e. The quantitative estimate of drug-likeness (QED) is 0.143. The highest BCUT2D eigenvalue weighted by Gasteiger charge is 2.35. The zero-order chi connectivity index (χ0) is 22.9. The number of carbonyl (C=O) groups excluding carboxylic acids is 1. The molecule has 5 atom stereocenters. The topological polar surface area (TPSA) is 147 Å². The van der Waals surface area contributed by atoms with Crippen molar-refractivity contribution in [3.63, 3.8) is 0 Å². The number of unbranched alkanes of at least 4 members (excludes halogenated alkanes) is 7. The second kappa shape index (κ2) is 17.2. The number of hydrogen-bond donors (Lipinski definition) is 6. The Labute approximate surface area is 180 Å². The van der Waals surface area contributed by atoms with Crippen LogP contribution in [0, 0.1) is 0 Å². The maximum atomic E-state index is 11.1. The number of hydrogen-bond acceptors (Lipinski definition) is 6. The van der Waals surface area contributed by atoms with Gasteiger partial charge >= 0.3 is 5.97 Å². The second-order valence-corrected chi connectivity index (χ2v) is 7.91. The van der Waals surface area contributed by atoms with Crippen molar-refractivity contribution in [1.82, 2.24) is 5.32 Å². The van der Waals surface area contributed by atoms with Gasteiger partial charge in [-0.1, -0.05) is 64.0 Å². The fraction of sp³-hybridized carbons (Fsp3) is 0.818. The summed E-state index contributed by atoms with van der Waals surface area (Å²) in [5, 5.41) is 50.8. The Morgan fingerprint density at radius 3 is 1.97 bits per heavy atom. The zero-order valence-corrected chi connectivity index (χ0v) is 18.4. The maximum absolute atomic E-state index is 11.1. The van der Waals surface area contributed by atoms with E-state index < -0.39 is 36.2 Å². The molecular weight excluding hydrogens is 390 g/mol. The van der Waals surface area contributed by atoms with Crippen molar-refractivity contribution in [3.05, 3.63) is 12.2 Å². The standard InChI is InChI=1S/C22H41NO7/c1-3-4-5-10-13-17(25)14-11-8-6-7-9-12-15-18(26)20(27)21(28)19(22(29)30)23-16(2)24/h12,15,17-21,25-28H,3-11,13-14H2,1-2H3,(H,23,24)(H,29,30)/b15-12+. The average molecular weight is 432 g/mol. The Morgan fingerprint density at radius 2 is 1.43 bits per heavy atom. The van der Waals surface area contributed by atoms with Crippen LogP contribution in [0.4, 0.5) is 0 Å². The van der Waals surface area contributed by atoms with Gasteiger partial charge in [0, 0.05) is 6.92 Å². The van der Waals surface area contributed by atoms with Crippen LogP contribution in [-0.2, 0) is 9.59 Å². The van der Waals surface area contributed by atoms with E-state index in [1.807, 2.05) is 5.32 Å². The molecular formula is C22H41NO7. The molecule has 0 aromatic carbocycles. The van der Waals surface area contributed by atoms with E-state index in [9.17, 15) is 30.0 Å². The summed E-state index contributed by atoms with van der Waals surface area (Å²) in [6.07, 6.45) is 8.67. The van der Waals surface area contributed by atoms with Crippen molar-refractivity contribution < 1.29 is 35.1 Å². The summed E-state index contributed by atoms with van der Waals surface area (Å²) in [6, 6.07) is -1.71. The number of carboxylic acids is 1. The largest absolute Gasteiger partial charge is 0.480 e. The molecule has 0 rings (SSSR count). The third kappa shape index (κ3) is 13.7. The Bertz CT molecular complexity index is 498. The van der Waals surface area contributed by atoms with Crippen molar-refractivity contribution in [3.8, 4) is 0 Å². The molecule has 0 radical (unpaired) electrons. The van der Waals surface area contributed by atoms with Crippen molar-refractivity contribution >= 4 is 11.9 Å². The van der Waals surface area contributed by atoms with Crippen LogP contribution in [0.2, 0.25) is 0 Å². The summed E-state index contributed by atoms with van der Waals surface area (Å²) in [6.45, 7) is 3.26. The van der Waals surface area contributed by atoms with E-state index in [-0.39, 0.29) is 6.10 Å². The van der Waals surface area contributed by atoms with Crippen LogP contribution >= 0.6 is 0 Å². The summed E-state index contributed by atoms with van der Waals surface area (Å²) in [5.74, 6) is -2.17. The third-order valence-electron chi connectivity index (χ3n) is 5.05. The van der Waals surface area contributed by atoms with Gasteiger partial charge in [0.05, 0.1) is 6.10 Å². The SMILES string of the molecule is CCCCCCC(O)CCCCCC/C=C/C(O)C(O)C(O)C(NC(C)=O)C(=O)O. The minimum Gasteiger partial charge on any atom is -0.480 e. The van der Waals surface area contributed by atoms with Gasteiger partial charge in [-0.15, -0.1) is 0 Å². The molecule has 8 heteroatoms. The summed E-state index contributed by atoms with van der Waals surface area (Å²) in [4.78, 5) is 22.1. The lowest BCUT2D eigenvalue weighted by molar-refractivity contribution is -0.149. The molecule has 0 aromatic rings. The number of amides is 1. The first-order valence-electron chi connectivity index (χ1n) is 11.1.